The number of fused-ring (bicyclic) bond motifs is 2. The Morgan fingerprint density at radius 1 is 0.957 bits per heavy atom. The fourth-order valence-corrected chi connectivity index (χ4v) is 7.83. The molecule has 23 heavy (non-hydrogen) atoms. The quantitative estimate of drug-likeness (QED) is 0.695. The van der Waals surface area contributed by atoms with Crippen LogP contribution >= 0.6 is 0 Å². The van der Waals surface area contributed by atoms with Gasteiger partial charge in [0.2, 0.25) is 0 Å². The maximum atomic E-state index is 10.8. The molecule has 132 valence electrons. The number of aliphatic hydroxyl groups excluding tert-OH is 2. The molecular formula is C20H34O3. The molecule has 4 aliphatic rings. The van der Waals surface area contributed by atoms with Crippen LogP contribution in [-0.2, 0) is 0 Å². The van der Waals surface area contributed by atoms with E-state index in [0.717, 1.165) is 44.4 Å². The minimum atomic E-state index is -0.483. The van der Waals surface area contributed by atoms with E-state index in [9.17, 15) is 15.3 Å². The Morgan fingerprint density at radius 2 is 1.70 bits per heavy atom. The van der Waals surface area contributed by atoms with Crippen molar-refractivity contribution in [2.75, 3.05) is 6.61 Å². The van der Waals surface area contributed by atoms with Gasteiger partial charge in [-0.05, 0) is 86.9 Å². The lowest BCUT2D eigenvalue weighted by atomic mass is 9.39. The molecule has 3 heteroatoms. The van der Waals surface area contributed by atoms with Crippen LogP contribution in [0.1, 0.15) is 72.1 Å². The summed E-state index contributed by atoms with van der Waals surface area (Å²) >= 11 is 0. The fraction of sp³-hybridized carbons (Fsp3) is 1.00. The lowest BCUT2D eigenvalue weighted by Crippen LogP contribution is -2.62. The van der Waals surface area contributed by atoms with Crippen molar-refractivity contribution < 1.29 is 15.3 Å². The van der Waals surface area contributed by atoms with Gasteiger partial charge in [0.05, 0.1) is 18.3 Å². The van der Waals surface area contributed by atoms with E-state index < -0.39 is 5.60 Å². The molecule has 3 nitrogen and oxygen atoms in total. The summed E-state index contributed by atoms with van der Waals surface area (Å²) in [6.07, 6.45) is 8.28. The monoisotopic (exact) mass is 322 g/mol. The maximum Gasteiger partial charge on any atom is 0.0648 e. The summed E-state index contributed by atoms with van der Waals surface area (Å²) in [7, 11) is 0. The first kappa shape index (κ1) is 16.4. The fourth-order valence-electron chi connectivity index (χ4n) is 7.83. The van der Waals surface area contributed by atoms with E-state index in [-0.39, 0.29) is 23.5 Å². The molecule has 0 aromatic rings. The van der Waals surface area contributed by atoms with Crippen molar-refractivity contribution >= 4 is 0 Å². The van der Waals surface area contributed by atoms with Crippen molar-refractivity contribution in [3.63, 3.8) is 0 Å². The number of hydrogen-bond acceptors (Lipinski definition) is 3. The van der Waals surface area contributed by atoms with Crippen LogP contribution in [0.4, 0.5) is 0 Å². The predicted molar refractivity (Wildman–Crippen MR) is 89.8 cm³/mol. The Kier molecular flexibility index (Phi) is 3.37. The molecule has 2 bridgehead atoms. The highest BCUT2D eigenvalue weighted by Crippen LogP contribution is 2.75. The summed E-state index contributed by atoms with van der Waals surface area (Å²) in [5.41, 5.74) is -0.301. The van der Waals surface area contributed by atoms with E-state index in [0.29, 0.717) is 17.3 Å². The van der Waals surface area contributed by atoms with Crippen molar-refractivity contribution in [3.8, 4) is 0 Å². The van der Waals surface area contributed by atoms with Crippen LogP contribution in [-0.4, -0.2) is 33.6 Å². The number of aliphatic hydroxyl groups is 3. The third kappa shape index (κ3) is 1.82. The highest BCUT2D eigenvalue weighted by molar-refractivity contribution is 5.18. The molecule has 4 rings (SSSR count). The van der Waals surface area contributed by atoms with Crippen molar-refractivity contribution in [2.45, 2.75) is 83.8 Å². The van der Waals surface area contributed by atoms with Gasteiger partial charge in [0.1, 0.15) is 0 Å². The van der Waals surface area contributed by atoms with Gasteiger partial charge in [0.25, 0.3) is 0 Å². The summed E-state index contributed by atoms with van der Waals surface area (Å²) in [6, 6.07) is 0. The standard InChI is InChI=1S/C20H34O3/c1-17(12-21)15-5-4-13-10-14-11-20(13,9-8-19(14,3)23)18(15,2)7-6-16(17)22/h13-16,21-23H,4-12H2,1-3H3/t13-,14+,15-,16+,17-,18-,19+,20-/m0/s1. The zero-order chi connectivity index (χ0) is 16.7. The third-order valence-electron chi connectivity index (χ3n) is 9.46. The van der Waals surface area contributed by atoms with Gasteiger partial charge in [0.15, 0.2) is 0 Å². The molecule has 8 atom stereocenters. The SMILES string of the molecule is C[C@@]1(CO)[C@H](O)CC[C@@]2(C)[C@H]1CC[C@H]1C[C@@H]3C[C@@]12CC[C@@]3(C)O. The van der Waals surface area contributed by atoms with Crippen LogP contribution < -0.4 is 0 Å². The van der Waals surface area contributed by atoms with Crippen LogP contribution in [0.5, 0.6) is 0 Å². The van der Waals surface area contributed by atoms with Gasteiger partial charge in [-0.1, -0.05) is 13.8 Å². The first-order chi connectivity index (χ1) is 10.7. The first-order valence-electron chi connectivity index (χ1n) is 9.71. The second kappa shape index (κ2) is 4.74. The number of rotatable bonds is 1. The van der Waals surface area contributed by atoms with Gasteiger partial charge in [-0.15, -0.1) is 0 Å². The summed E-state index contributed by atoms with van der Waals surface area (Å²) in [4.78, 5) is 0. The topological polar surface area (TPSA) is 60.7 Å². The van der Waals surface area contributed by atoms with Crippen molar-refractivity contribution in [1.29, 1.82) is 0 Å². The Bertz CT molecular complexity index is 503. The minimum Gasteiger partial charge on any atom is -0.396 e. The molecule has 0 heterocycles. The van der Waals surface area contributed by atoms with E-state index in [1.54, 1.807) is 0 Å². The molecule has 4 saturated carbocycles. The minimum absolute atomic E-state index is 0.0936. The maximum absolute atomic E-state index is 10.8. The van der Waals surface area contributed by atoms with Crippen LogP contribution in [0.3, 0.4) is 0 Å². The summed E-state index contributed by atoms with van der Waals surface area (Å²) in [5, 5.41) is 31.5. The van der Waals surface area contributed by atoms with Crippen molar-refractivity contribution in [1.82, 2.24) is 0 Å². The molecule has 1 spiro atoms. The molecule has 0 radical (unpaired) electrons. The highest BCUT2D eigenvalue weighted by atomic mass is 16.3. The highest BCUT2D eigenvalue weighted by Gasteiger charge is 2.69. The summed E-state index contributed by atoms with van der Waals surface area (Å²) in [5.74, 6) is 1.59. The van der Waals surface area contributed by atoms with Gasteiger partial charge in [-0.3, -0.25) is 0 Å². The Labute approximate surface area is 140 Å². The van der Waals surface area contributed by atoms with Crippen LogP contribution in [0.15, 0.2) is 0 Å². The second-order valence-electron chi connectivity index (χ2n) is 10.1. The van der Waals surface area contributed by atoms with Gasteiger partial charge in [0, 0.05) is 5.41 Å². The third-order valence-corrected chi connectivity index (χ3v) is 9.46. The smallest absolute Gasteiger partial charge is 0.0648 e. The van der Waals surface area contributed by atoms with E-state index in [1.165, 1.54) is 12.8 Å². The normalized spacial score (nSPS) is 61.8. The molecule has 0 saturated heterocycles. The molecule has 4 fully saturated rings. The predicted octanol–water partition coefficient (Wildman–Crippen LogP) is 3.11. The van der Waals surface area contributed by atoms with Crippen LogP contribution in [0.25, 0.3) is 0 Å². The Hall–Kier alpha value is -0.120. The first-order valence-corrected chi connectivity index (χ1v) is 9.71. The van der Waals surface area contributed by atoms with Gasteiger partial charge >= 0.3 is 0 Å². The Morgan fingerprint density at radius 3 is 2.39 bits per heavy atom. The van der Waals surface area contributed by atoms with Gasteiger partial charge in [-0.25, -0.2) is 0 Å². The van der Waals surface area contributed by atoms with E-state index >= 15 is 0 Å². The van der Waals surface area contributed by atoms with Crippen molar-refractivity contribution in [3.05, 3.63) is 0 Å². The lowest BCUT2D eigenvalue weighted by molar-refractivity contribution is -0.213. The van der Waals surface area contributed by atoms with Crippen LogP contribution in [0, 0.1) is 34.0 Å². The molecule has 0 aromatic heterocycles. The van der Waals surface area contributed by atoms with Crippen molar-refractivity contribution in [2.24, 2.45) is 34.0 Å². The average Bonchev–Trinajstić information content (AvgIpc) is 2.87. The van der Waals surface area contributed by atoms with Crippen LogP contribution in [0.2, 0.25) is 0 Å². The molecule has 0 unspecified atom stereocenters. The molecule has 0 aliphatic heterocycles. The summed E-state index contributed by atoms with van der Waals surface area (Å²) in [6.45, 7) is 6.72. The molecule has 3 N–H and O–H groups in total. The largest absolute Gasteiger partial charge is 0.396 e. The second-order valence-corrected chi connectivity index (χ2v) is 10.1. The van der Waals surface area contributed by atoms with Gasteiger partial charge in [-0.2, -0.15) is 0 Å². The Balaban J connectivity index is 1.76. The van der Waals surface area contributed by atoms with Gasteiger partial charge < -0.3 is 15.3 Å². The summed E-state index contributed by atoms with van der Waals surface area (Å²) < 4.78 is 0. The molecule has 4 aliphatic carbocycles. The number of hydrogen-bond donors (Lipinski definition) is 3. The lowest BCUT2D eigenvalue weighted by Gasteiger charge is -2.66. The zero-order valence-corrected chi connectivity index (χ0v) is 15.0. The van der Waals surface area contributed by atoms with E-state index in [2.05, 4.69) is 13.8 Å². The molecule has 0 aromatic carbocycles. The average molecular weight is 322 g/mol. The zero-order valence-electron chi connectivity index (χ0n) is 15.0. The molecular weight excluding hydrogens is 288 g/mol. The molecule has 0 amide bonds. The van der Waals surface area contributed by atoms with E-state index in [1.807, 2.05) is 6.92 Å². The van der Waals surface area contributed by atoms with E-state index in [4.69, 9.17) is 0 Å².